The minimum atomic E-state index is -0.439. The molecule has 1 aromatic carbocycles. The normalized spacial score (nSPS) is 10.7. The summed E-state index contributed by atoms with van der Waals surface area (Å²) in [5.41, 5.74) is 11.5. The molecule has 0 saturated carbocycles. The van der Waals surface area contributed by atoms with Gasteiger partial charge in [-0.1, -0.05) is 0 Å². The molecule has 0 spiro atoms. The second-order valence-electron chi connectivity index (χ2n) is 4.92. The Kier molecular flexibility index (Phi) is 3.53. The van der Waals surface area contributed by atoms with Crippen LogP contribution in [0.1, 0.15) is 32.9 Å². The summed E-state index contributed by atoms with van der Waals surface area (Å²) in [5.74, 6) is -0.439. The first kappa shape index (κ1) is 14.1. The molecule has 106 valence electrons. The summed E-state index contributed by atoms with van der Waals surface area (Å²) in [6.45, 7) is 7.85. The maximum atomic E-state index is 11.8. The van der Waals surface area contributed by atoms with Crippen molar-refractivity contribution in [1.82, 2.24) is 9.78 Å². The van der Waals surface area contributed by atoms with Gasteiger partial charge in [0.05, 0.1) is 24.1 Å². The number of rotatable bonds is 2. The first-order chi connectivity index (χ1) is 9.36. The van der Waals surface area contributed by atoms with Crippen molar-refractivity contribution in [2.45, 2.75) is 27.7 Å². The molecule has 0 radical (unpaired) electrons. The Morgan fingerprint density at radius 1 is 1.25 bits per heavy atom. The van der Waals surface area contributed by atoms with Gasteiger partial charge in [-0.15, -0.1) is 0 Å². The fraction of sp³-hybridized carbons (Fsp3) is 0.333. The minimum absolute atomic E-state index is 0.368. The molecule has 0 aliphatic rings. The Bertz CT molecular complexity index is 687. The number of nitrogen functional groups attached to an aromatic ring is 1. The molecule has 0 bridgehead atoms. The fourth-order valence-electron chi connectivity index (χ4n) is 2.15. The molecule has 20 heavy (non-hydrogen) atoms. The van der Waals surface area contributed by atoms with Crippen LogP contribution in [-0.4, -0.2) is 22.9 Å². The second-order valence-corrected chi connectivity index (χ2v) is 4.92. The van der Waals surface area contributed by atoms with E-state index in [0.717, 1.165) is 28.2 Å². The summed E-state index contributed by atoms with van der Waals surface area (Å²) in [4.78, 5) is 11.8. The van der Waals surface area contributed by atoms with Gasteiger partial charge < -0.3 is 10.5 Å². The number of benzene rings is 1. The molecular weight excluding hydrogens is 254 g/mol. The number of nitrogens with zero attached hydrogens (tertiary/aromatic N) is 2. The molecule has 0 amide bonds. The van der Waals surface area contributed by atoms with Crippen molar-refractivity contribution >= 4 is 11.7 Å². The SMILES string of the molecule is COC(=O)c1cc(-n2nc(C)c(C)c2C)cc(C)c1N. The average Bonchev–Trinajstić information content (AvgIpc) is 2.68. The van der Waals surface area contributed by atoms with Gasteiger partial charge in [0, 0.05) is 11.4 Å². The third-order valence-electron chi connectivity index (χ3n) is 3.67. The van der Waals surface area contributed by atoms with Crippen LogP contribution in [0.2, 0.25) is 0 Å². The quantitative estimate of drug-likeness (QED) is 0.674. The largest absolute Gasteiger partial charge is 0.465 e. The molecule has 2 N–H and O–H groups in total. The van der Waals surface area contributed by atoms with Crippen LogP contribution in [0.5, 0.6) is 0 Å². The zero-order valence-electron chi connectivity index (χ0n) is 12.4. The van der Waals surface area contributed by atoms with Crippen LogP contribution in [0.3, 0.4) is 0 Å². The van der Waals surface area contributed by atoms with Crippen molar-refractivity contribution in [3.63, 3.8) is 0 Å². The minimum Gasteiger partial charge on any atom is -0.465 e. The van der Waals surface area contributed by atoms with Crippen molar-refractivity contribution in [2.75, 3.05) is 12.8 Å². The molecule has 0 saturated heterocycles. The van der Waals surface area contributed by atoms with Crippen molar-refractivity contribution in [1.29, 1.82) is 0 Å². The lowest BCUT2D eigenvalue weighted by Crippen LogP contribution is -2.10. The van der Waals surface area contributed by atoms with Crippen LogP contribution in [0.4, 0.5) is 5.69 Å². The topological polar surface area (TPSA) is 70.1 Å². The van der Waals surface area contributed by atoms with Gasteiger partial charge in [0.15, 0.2) is 0 Å². The lowest BCUT2D eigenvalue weighted by atomic mass is 10.1. The Labute approximate surface area is 118 Å². The highest BCUT2D eigenvalue weighted by molar-refractivity contribution is 5.96. The molecule has 0 unspecified atom stereocenters. The summed E-state index contributed by atoms with van der Waals surface area (Å²) in [6.07, 6.45) is 0. The number of carbonyl (C=O) groups is 1. The summed E-state index contributed by atoms with van der Waals surface area (Å²) < 4.78 is 6.60. The maximum absolute atomic E-state index is 11.8. The van der Waals surface area contributed by atoms with E-state index in [-0.39, 0.29) is 0 Å². The molecule has 2 rings (SSSR count). The van der Waals surface area contributed by atoms with Crippen molar-refractivity contribution in [3.8, 4) is 5.69 Å². The molecule has 1 aromatic heterocycles. The Balaban J connectivity index is 2.66. The molecular formula is C15H19N3O2. The standard InChI is InChI=1S/C15H19N3O2/c1-8-6-12(7-13(14(8)16)15(19)20-5)18-11(4)9(2)10(3)17-18/h6-7H,16H2,1-5H3. The highest BCUT2D eigenvalue weighted by atomic mass is 16.5. The first-order valence-corrected chi connectivity index (χ1v) is 6.38. The van der Waals surface area contributed by atoms with E-state index in [2.05, 4.69) is 5.10 Å². The Morgan fingerprint density at radius 2 is 1.90 bits per heavy atom. The first-order valence-electron chi connectivity index (χ1n) is 6.38. The molecule has 5 nitrogen and oxygen atoms in total. The third-order valence-corrected chi connectivity index (χ3v) is 3.67. The van der Waals surface area contributed by atoms with Gasteiger partial charge in [-0.05, 0) is 51.0 Å². The van der Waals surface area contributed by atoms with Crippen molar-refractivity contribution in [2.24, 2.45) is 0 Å². The van der Waals surface area contributed by atoms with Gasteiger partial charge in [0.1, 0.15) is 0 Å². The average molecular weight is 273 g/mol. The van der Waals surface area contributed by atoms with E-state index in [9.17, 15) is 4.79 Å². The monoisotopic (exact) mass is 273 g/mol. The third kappa shape index (κ3) is 2.15. The number of anilines is 1. The molecule has 2 aromatic rings. The number of nitrogens with two attached hydrogens (primary N) is 1. The maximum Gasteiger partial charge on any atom is 0.340 e. The summed E-state index contributed by atoms with van der Waals surface area (Å²) in [5, 5.41) is 4.50. The zero-order chi connectivity index (χ0) is 15.0. The smallest absolute Gasteiger partial charge is 0.340 e. The highest BCUT2D eigenvalue weighted by Gasteiger charge is 2.16. The van der Waals surface area contributed by atoms with Crippen molar-refractivity contribution in [3.05, 3.63) is 40.2 Å². The number of aromatic nitrogens is 2. The number of hydrogen-bond donors (Lipinski definition) is 1. The number of ether oxygens (including phenoxy) is 1. The van der Waals surface area contributed by atoms with Gasteiger partial charge in [-0.25, -0.2) is 9.48 Å². The Hall–Kier alpha value is -2.30. The second kappa shape index (κ2) is 5.00. The van der Waals surface area contributed by atoms with E-state index in [1.807, 2.05) is 38.4 Å². The van der Waals surface area contributed by atoms with Crippen LogP contribution in [0.25, 0.3) is 5.69 Å². The predicted molar refractivity (Wildman–Crippen MR) is 78.3 cm³/mol. The van der Waals surface area contributed by atoms with Crippen LogP contribution < -0.4 is 5.73 Å². The van der Waals surface area contributed by atoms with E-state index in [0.29, 0.717) is 11.3 Å². The highest BCUT2D eigenvalue weighted by Crippen LogP contribution is 2.24. The van der Waals surface area contributed by atoms with Crippen molar-refractivity contribution < 1.29 is 9.53 Å². The molecule has 0 aliphatic heterocycles. The number of esters is 1. The zero-order valence-corrected chi connectivity index (χ0v) is 12.4. The van der Waals surface area contributed by atoms with E-state index >= 15 is 0 Å². The van der Waals surface area contributed by atoms with Gasteiger partial charge in [0.2, 0.25) is 0 Å². The fourth-order valence-corrected chi connectivity index (χ4v) is 2.15. The van der Waals surface area contributed by atoms with Gasteiger partial charge in [0.25, 0.3) is 0 Å². The molecule has 1 heterocycles. The number of hydrogen-bond acceptors (Lipinski definition) is 4. The molecule has 0 aliphatic carbocycles. The van der Waals surface area contributed by atoms with Crippen LogP contribution in [0.15, 0.2) is 12.1 Å². The molecule has 0 atom stereocenters. The summed E-state index contributed by atoms with van der Waals surface area (Å²) >= 11 is 0. The number of carbonyl (C=O) groups excluding carboxylic acids is 1. The molecule has 5 heteroatoms. The van der Waals surface area contributed by atoms with Gasteiger partial charge >= 0.3 is 5.97 Å². The summed E-state index contributed by atoms with van der Waals surface area (Å²) in [6, 6.07) is 3.63. The van der Waals surface area contributed by atoms with Crippen LogP contribution in [-0.2, 0) is 4.74 Å². The van der Waals surface area contributed by atoms with Crippen LogP contribution >= 0.6 is 0 Å². The summed E-state index contributed by atoms with van der Waals surface area (Å²) in [7, 11) is 1.34. The molecule has 0 fully saturated rings. The van der Waals surface area contributed by atoms with Gasteiger partial charge in [-0.3, -0.25) is 0 Å². The number of aryl methyl sites for hydroxylation is 2. The van der Waals surface area contributed by atoms with Crippen LogP contribution in [0, 0.1) is 27.7 Å². The van der Waals surface area contributed by atoms with E-state index in [1.165, 1.54) is 7.11 Å². The van der Waals surface area contributed by atoms with E-state index < -0.39 is 5.97 Å². The van der Waals surface area contributed by atoms with E-state index in [1.54, 1.807) is 6.07 Å². The lowest BCUT2D eigenvalue weighted by Gasteiger charge is -2.11. The lowest BCUT2D eigenvalue weighted by molar-refractivity contribution is 0.0602. The Morgan fingerprint density at radius 3 is 2.40 bits per heavy atom. The van der Waals surface area contributed by atoms with E-state index in [4.69, 9.17) is 10.5 Å². The van der Waals surface area contributed by atoms with Gasteiger partial charge in [-0.2, -0.15) is 5.10 Å². The number of methoxy groups -OCH3 is 1. The predicted octanol–water partition coefficient (Wildman–Crippen LogP) is 2.47.